The smallest absolute Gasteiger partial charge is 0.240 e. The van der Waals surface area contributed by atoms with Crippen molar-refractivity contribution in [3.8, 4) is 0 Å². The minimum atomic E-state index is -3.72. The Kier molecular flexibility index (Phi) is 5.55. The molecule has 0 atom stereocenters. The van der Waals surface area contributed by atoms with Crippen molar-refractivity contribution in [2.75, 3.05) is 19.8 Å². The predicted molar refractivity (Wildman–Crippen MR) is 80.6 cm³/mol. The molecule has 0 aliphatic heterocycles. The summed E-state index contributed by atoms with van der Waals surface area (Å²) in [5.41, 5.74) is -0.187. The quantitative estimate of drug-likeness (QED) is 0.798. The number of rotatable bonds is 7. The first-order chi connectivity index (χ1) is 10.4. The molecular formula is C15H22FNO4S. The van der Waals surface area contributed by atoms with Gasteiger partial charge in [0.15, 0.2) is 0 Å². The van der Waals surface area contributed by atoms with Crippen LogP contribution in [0.3, 0.4) is 0 Å². The second-order valence-electron chi connectivity index (χ2n) is 5.70. The number of hydrogen-bond acceptors (Lipinski definition) is 4. The molecule has 0 aromatic heterocycles. The van der Waals surface area contributed by atoms with E-state index in [1.807, 2.05) is 0 Å². The van der Waals surface area contributed by atoms with Crippen LogP contribution in [0.4, 0.5) is 4.39 Å². The minimum Gasteiger partial charge on any atom is -0.394 e. The molecular weight excluding hydrogens is 309 g/mol. The Bertz CT molecular complexity index is 612. The fourth-order valence-corrected chi connectivity index (χ4v) is 4.21. The van der Waals surface area contributed by atoms with E-state index in [1.54, 1.807) is 6.92 Å². The summed E-state index contributed by atoms with van der Waals surface area (Å²) in [5.74, 6) is -0.463. The summed E-state index contributed by atoms with van der Waals surface area (Å²) in [6, 6.07) is 3.60. The normalized spacial score (nSPS) is 17.8. The van der Waals surface area contributed by atoms with Crippen LogP contribution in [0.1, 0.15) is 31.2 Å². The van der Waals surface area contributed by atoms with Gasteiger partial charge in [-0.15, -0.1) is 0 Å². The van der Waals surface area contributed by atoms with E-state index in [1.165, 1.54) is 12.1 Å². The van der Waals surface area contributed by atoms with Crippen molar-refractivity contribution < 1.29 is 22.7 Å². The lowest BCUT2D eigenvalue weighted by atomic mass is 10.0. The lowest BCUT2D eigenvalue weighted by Crippen LogP contribution is -2.43. The number of benzene rings is 1. The number of nitrogens with one attached hydrogen (secondary N) is 1. The number of aliphatic hydroxyl groups is 1. The summed E-state index contributed by atoms with van der Waals surface area (Å²) in [5, 5.41) is 8.91. The molecule has 2 rings (SSSR count). The molecule has 0 amide bonds. The predicted octanol–water partition coefficient (Wildman–Crippen LogP) is 1.73. The molecule has 2 N–H and O–H groups in total. The van der Waals surface area contributed by atoms with Crippen molar-refractivity contribution in [3.63, 3.8) is 0 Å². The summed E-state index contributed by atoms with van der Waals surface area (Å²) >= 11 is 0. The third kappa shape index (κ3) is 4.04. The molecule has 0 heterocycles. The van der Waals surface area contributed by atoms with E-state index in [2.05, 4.69) is 4.72 Å². The van der Waals surface area contributed by atoms with Crippen LogP contribution in [0.15, 0.2) is 23.1 Å². The SMILES string of the molecule is Cc1cc(F)ccc1S(=O)(=O)NCC1(OCCO)CCCC1. The molecule has 0 saturated heterocycles. The lowest BCUT2D eigenvalue weighted by molar-refractivity contribution is -0.0492. The standard InChI is InChI=1S/C15H22FNO4S/c1-12-10-13(16)4-5-14(12)22(19,20)17-11-15(21-9-8-18)6-2-3-7-15/h4-5,10,17-18H,2-3,6-9,11H2,1H3. The zero-order chi connectivity index (χ0) is 16.2. The van der Waals surface area contributed by atoms with Gasteiger partial charge in [0.1, 0.15) is 5.82 Å². The maximum absolute atomic E-state index is 13.1. The van der Waals surface area contributed by atoms with E-state index in [0.29, 0.717) is 5.56 Å². The van der Waals surface area contributed by atoms with Gasteiger partial charge in [0.05, 0.1) is 23.7 Å². The van der Waals surface area contributed by atoms with Crippen molar-refractivity contribution in [3.05, 3.63) is 29.6 Å². The molecule has 1 fully saturated rings. The molecule has 1 aromatic carbocycles. The third-order valence-corrected chi connectivity index (χ3v) is 5.59. The van der Waals surface area contributed by atoms with Gasteiger partial charge >= 0.3 is 0 Å². The molecule has 0 radical (unpaired) electrons. The molecule has 124 valence electrons. The van der Waals surface area contributed by atoms with E-state index >= 15 is 0 Å². The lowest BCUT2D eigenvalue weighted by Gasteiger charge is -2.29. The Labute approximate surface area is 130 Å². The van der Waals surface area contributed by atoms with Crippen LogP contribution in [0, 0.1) is 12.7 Å². The van der Waals surface area contributed by atoms with Gasteiger partial charge in [0.2, 0.25) is 10.0 Å². The molecule has 1 aliphatic carbocycles. The van der Waals surface area contributed by atoms with Crippen LogP contribution < -0.4 is 4.72 Å². The molecule has 0 unspecified atom stereocenters. The summed E-state index contributed by atoms with van der Waals surface area (Å²) in [7, 11) is -3.72. The van der Waals surface area contributed by atoms with Crippen LogP contribution in [0.5, 0.6) is 0 Å². The first-order valence-corrected chi connectivity index (χ1v) is 8.88. The van der Waals surface area contributed by atoms with Crippen molar-refractivity contribution in [2.45, 2.75) is 43.1 Å². The monoisotopic (exact) mass is 331 g/mol. The van der Waals surface area contributed by atoms with Gasteiger partial charge < -0.3 is 9.84 Å². The molecule has 5 nitrogen and oxygen atoms in total. The van der Waals surface area contributed by atoms with Gasteiger partial charge in [0.25, 0.3) is 0 Å². The maximum Gasteiger partial charge on any atom is 0.240 e. The van der Waals surface area contributed by atoms with Gasteiger partial charge in [-0.25, -0.2) is 17.5 Å². The summed E-state index contributed by atoms with van der Waals surface area (Å²) < 4.78 is 46.2. The van der Waals surface area contributed by atoms with Crippen LogP contribution in [0.25, 0.3) is 0 Å². The molecule has 7 heteroatoms. The Morgan fingerprint density at radius 1 is 1.36 bits per heavy atom. The van der Waals surface area contributed by atoms with Crippen molar-refractivity contribution in [1.82, 2.24) is 4.72 Å². The second-order valence-corrected chi connectivity index (χ2v) is 7.43. The number of hydrogen-bond donors (Lipinski definition) is 2. The largest absolute Gasteiger partial charge is 0.394 e. The highest BCUT2D eigenvalue weighted by atomic mass is 32.2. The van der Waals surface area contributed by atoms with Gasteiger partial charge in [0, 0.05) is 6.54 Å². The summed E-state index contributed by atoms with van der Waals surface area (Å²) in [4.78, 5) is 0.0733. The number of ether oxygens (including phenoxy) is 1. The van der Waals surface area contributed by atoms with E-state index in [-0.39, 0.29) is 24.7 Å². The highest BCUT2D eigenvalue weighted by Gasteiger charge is 2.36. The Hall–Kier alpha value is -1.02. The van der Waals surface area contributed by atoms with Crippen molar-refractivity contribution in [2.24, 2.45) is 0 Å². The Balaban J connectivity index is 2.11. The van der Waals surface area contributed by atoms with E-state index in [0.717, 1.165) is 31.7 Å². The Morgan fingerprint density at radius 3 is 2.64 bits per heavy atom. The molecule has 0 bridgehead atoms. The fraction of sp³-hybridized carbons (Fsp3) is 0.600. The van der Waals surface area contributed by atoms with Crippen LogP contribution >= 0.6 is 0 Å². The summed E-state index contributed by atoms with van der Waals surface area (Å²) in [6.45, 7) is 1.82. The van der Waals surface area contributed by atoms with Gasteiger partial charge in [-0.2, -0.15) is 0 Å². The topological polar surface area (TPSA) is 75.6 Å². The number of sulfonamides is 1. The molecule has 0 spiro atoms. The Morgan fingerprint density at radius 2 is 2.05 bits per heavy atom. The van der Waals surface area contributed by atoms with Crippen LogP contribution in [0.2, 0.25) is 0 Å². The highest BCUT2D eigenvalue weighted by Crippen LogP contribution is 2.33. The second kappa shape index (κ2) is 7.04. The first-order valence-electron chi connectivity index (χ1n) is 7.39. The third-order valence-electron chi connectivity index (χ3n) is 4.03. The van der Waals surface area contributed by atoms with Crippen molar-refractivity contribution >= 4 is 10.0 Å². The van der Waals surface area contributed by atoms with Gasteiger partial charge in [-0.05, 0) is 43.5 Å². The summed E-state index contributed by atoms with van der Waals surface area (Å²) in [6.07, 6.45) is 3.47. The molecule has 22 heavy (non-hydrogen) atoms. The van der Waals surface area contributed by atoms with E-state index in [4.69, 9.17) is 9.84 Å². The highest BCUT2D eigenvalue weighted by molar-refractivity contribution is 7.89. The zero-order valence-corrected chi connectivity index (χ0v) is 13.5. The first kappa shape index (κ1) is 17.3. The molecule has 1 aliphatic rings. The number of halogens is 1. The van der Waals surface area contributed by atoms with E-state index in [9.17, 15) is 12.8 Å². The van der Waals surface area contributed by atoms with Gasteiger partial charge in [-0.3, -0.25) is 0 Å². The van der Waals surface area contributed by atoms with Gasteiger partial charge in [-0.1, -0.05) is 12.8 Å². The molecule has 1 aromatic rings. The maximum atomic E-state index is 13.1. The van der Waals surface area contributed by atoms with Crippen molar-refractivity contribution in [1.29, 1.82) is 0 Å². The molecule has 1 saturated carbocycles. The number of aliphatic hydroxyl groups excluding tert-OH is 1. The fourth-order valence-electron chi connectivity index (χ4n) is 2.87. The van der Waals surface area contributed by atoms with Crippen LogP contribution in [-0.2, 0) is 14.8 Å². The average Bonchev–Trinajstić information content (AvgIpc) is 2.92. The number of aryl methyl sites for hydroxylation is 1. The zero-order valence-electron chi connectivity index (χ0n) is 12.6. The average molecular weight is 331 g/mol. The minimum absolute atomic E-state index is 0.0733. The van der Waals surface area contributed by atoms with E-state index < -0.39 is 21.4 Å². The van der Waals surface area contributed by atoms with Crippen LogP contribution in [-0.4, -0.2) is 38.9 Å².